The molecule has 1 N–H and O–H groups in total. The summed E-state index contributed by atoms with van der Waals surface area (Å²) in [6.07, 6.45) is 1.71. The van der Waals surface area contributed by atoms with E-state index in [-0.39, 0.29) is 25.0 Å². The Labute approximate surface area is 173 Å². The van der Waals surface area contributed by atoms with E-state index in [4.69, 9.17) is 4.74 Å². The van der Waals surface area contributed by atoms with E-state index in [0.29, 0.717) is 16.6 Å². The van der Waals surface area contributed by atoms with Crippen LogP contribution in [-0.4, -0.2) is 34.9 Å². The minimum Gasteiger partial charge on any atom is -0.482 e. The van der Waals surface area contributed by atoms with Crippen molar-refractivity contribution in [1.29, 1.82) is 0 Å². The number of carbonyl (C=O) groups excluding carboxylic acids is 2. The first kappa shape index (κ1) is 18.6. The first-order chi connectivity index (χ1) is 13.5. The molecule has 9 heteroatoms. The van der Waals surface area contributed by atoms with Crippen LogP contribution in [0.3, 0.4) is 0 Å². The maximum absolute atomic E-state index is 12.6. The fraction of sp³-hybridized carbons (Fsp3) is 0.158. The van der Waals surface area contributed by atoms with Gasteiger partial charge in [0, 0.05) is 10.7 Å². The molecule has 0 spiro atoms. The van der Waals surface area contributed by atoms with Crippen LogP contribution >= 0.6 is 27.3 Å². The molecule has 3 aromatic rings. The molecule has 7 nitrogen and oxygen atoms in total. The lowest BCUT2D eigenvalue weighted by Crippen LogP contribution is -2.43. The second-order valence-electron chi connectivity index (χ2n) is 6.08. The van der Waals surface area contributed by atoms with E-state index in [1.807, 2.05) is 25.1 Å². The van der Waals surface area contributed by atoms with Gasteiger partial charge in [-0.1, -0.05) is 33.3 Å². The summed E-state index contributed by atoms with van der Waals surface area (Å²) in [5, 5.41) is 3.25. The molecule has 0 saturated carbocycles. The number of benzene rings is 1. The van der Waals surface area contributed by atoms with Crippen molar-refractivity contribution in [3.8, 4) is 16.3 Å². The number of halogens is 1. The molecule has 1 aromatic carbocycles. The monoisotopic (exact) mass is 458 g/mol. The van der Waals surface area contributed by atoms with Crippen molar-refractivity contribution in [2.45, 2.75) is 6.92 Å². The predicted molar refractivity (Wildman–Crippen MR) is 111 cm³/mol. The number of fused-ring (bicyclic) bond motifs is 1. The quantitative estimate of drug-likeness (QED) is 0.644. The van der Waals surface area contributed by atoms with Crippen LogP contribution in [0.5, 0.6) is 5.75 Å². The molecule has 142 valence electrons. The number of carbonyl (C=O) groups is 2. The molecule has 0 bridgehead atoms. The third-order valence-corrected chi connectivity index (χ3v) is 5.70. The van der Waals surface area contributed by atoms with Crippen molar-refractivity contribution in [2.24, 2.45) is 0 Å². The highest BCUT2D eigenvalue weighted by Gasteiger charge is 2.27. The average Bonchev–Trinajstić information content (AvgIpc) is 3.04. The lowest BCUT2D eigenvalue weighted by atomic mass is 10.2. The maximum atomic E-state index is 12.6. The topological polar surface area (TPSA) is 84.4 Å². The highest BCUT2D eigenvalue weighted by molar-refractivity contribution is 9.10. The number of aryl methyl sites for hydroxylation is 1. The Balaban J connectivity index is 1.51. The number of anilines is 2. The lowest BCUT2D eigenvalue weighted by Gasteiger charge is -2.28. The zero-order valence-electron chi connectivity index (χ0n) is 14.8. The Morgan fingerprint density at radius 1 is 1.36 bits per heavy atom. The van der Waals surface area contributed by atoms with Gasteiger partial charge < -0.3 is 10.1 Å². The molecule has 0 aliphatic carbocycles. The molecule has 0 fully saturated rings. The van der Waals surface area contributed by atoms with Crippen molar-refractivity contribution in [2.75, 3.05) is 23.4 Å². The van der Waals surface area contributed by atoms with Crippen molar-refractivity contribution in [3.05, 3.63) is 52.8 Å². The fourth-order valence-electron chi connectivity index (χ4n) is 2.84. The van der Waals surface area contributed by atoms with Crippen LogP contribution < -0.4 is 15.0 Å². The second-order valence-corrected chi connectivity index (χ2v) is 7.99. The Kier molecular flexibility index (Phi) is 5.10. The number of nitrogens with zero attached hydrogens (tertiary/aromatic N) is 3. The molecular weight excluding hydrogens is 444 g/mol. The minimum atomic E-state index is -0.328. The van der Waals surface area contributed by atoms with E-state index in [1.54, 1.807) is 24.4 Å². The van der Waals surface area contributed by atoms with E-state index in [0.717, 1.165) is 20.7 Å². The van der Waals surface area contributed by atoms with Crippen LogP contribution in [0, 0.1) is 6.92 Å². The smallest absolute Gasteiger partial charge is 0.265 e. The van der Waals surface area contributed by atoms with Crippen LogP contribution in [-0.2, 0) is 9.59 Å². The van der Waals surface area contributed by atoms with Gasteiger partial charge in [0.25, 0.3) is 5.91 Å². The predicted octanol–water partition coefficient (Wildman–Crippen LogP) is 3.64. The largest absolute Gasteiger partial charge is 0.482 e. The van der Waals surface area contributed by atoms with E-state index in [1.165, 1.54) is 16.2 Å². The summed E-state index contributed by atoms with van der Waals surface area (Å²) < 4.78 is 6.28. The summed E-state index contributed by atoms with van der Waals surface area (Å²) in [6.45, 7) is 1.65. The Morgan fingerprint density at radius 3 is 3.00 bits per heavy atom. The lowest BCUT2D eigenvalue weighted by molar-refractivity contribution is -0.123. The highest BCUT2D eigenvalue weighted by atomic mass is 79.9. The highest BCUT2D eigenvalue weighted by Crippen LogP contribution is 2.35. The molecule has 0 unspecified atom stereocenters. The average molecular weight is 459 g/mol. The fourth-order valence-corrected chi connectivity index (χ4v) is 4.14. The van der Waals surface area contributed by atoms with Gasteiger partial charge in [-0.05, 0) is 37.3 Å². The molecule has 2 aromatic heterocycles. The standard InChI is InChI=1S/C19H15BrN4O3S/c1-11-18(13-4-2-3-7-21-13)28-19(22-11)23-16(25)9-24-14-6-5-12(20)8-15(14)27-10-17(24)26/h2-8H,9-10H2,1H3,(H,22,23,25). The molecule has 1 aliphatic rings. The van der Waals surface area contributed by atoms with Crippen LogP contribution in [0.1, 0.15) is 5.69 Å². The van der Waals surface area contributed by atoms with E-state index < -0.39 is 0 Å². The number of aromatic nitrogens is 2. The molecule has 0 saturated heterocycles. The van der Waals surface area contributed by atoms with Gasteiger partial charge in [-0.3, -0.25) is 19.5 Å². The Morgan fingerprint density at radius 2 is 2.21 bits per heavy atom. The summed E-state index contributed by atoms with van der Waals surface area (Å²) in [4.78, 5) is 35.9. The van der Waals surface area contributed by atoms with Crippen LogP contribution in [0.4, 0.5) is 10.8 Å². The molecule has 1 aliphatic heterocycles. The molecular formula is C19H15BrN4O3S. The first-order valence-corrected chi connectivity index (χ1v) is 10.0. The summed E-state index contributed by atoms with van der Waals surface area (Å²) >= 11 is 4.73. The summed E-state index contributed by atoms with van der Waals surface area (Å²) in [5.41, 5.74) is 2.16. The zero-order chi connectivity index (χ0) is 19.7. The van der Waals surface area contributed by atoms with Gasteiger partial charge in [-0.15, -0.1) is 0 Å². The molecule has 3 heterocycles. The molecule has 4 rings (SSSR count). The number of ether oxygens (including phenoxy) is 1. The van der Waals surface area contributed by atoms with E-state index in [2.05, 4.69) is 31.2 Å². The van der Waals surface area contributed by atoms with Gasteiger partial charge in [0.15, 0.2) is 11.7 Å². The van der Waals surface area contributed by atoms with Crippen LogP contribution in [0.2, 0.25) is 0 Å². The van der Waals surface area contributed by atoms with E-state index >= 15 is 0 Å². The molecule has 0 radical (unpaired) electrons. The third kappa shape index (κ3) is 3.76. The first-order valence-electron chi connectivity index (χ1n) is 8.42. The summed E-state index contributed by atoms with van der Waals surface area (Å²) in [5.74, 6) is -0.0378. The number of thiazole rings is 1. The number of pyridine rings is 1. The Hall–Kier alpha value is -2.78. The third-order valence-electron chi connectivity index (χ3n) is 4.11. The maximum Gasteiger partial charge on any atom is 0.265 e. The molecule has 28 heavy (non-hydrogen) atoms. The zero-order valence-corrected chi connectivity index (χ0v) is 17.2. The van der Waals surface area contributed by atoms with Crippen molar-refractivity contribution < 1.29 is 14.3 Å². The van der Waals surface area contributed by atoms with Gasteiger partial charge in [0.2, 0.25) is 5.91 Å². The number of rotatable bonds is 4. The molecule has 2 amide bonds. The van der Waals surface area contributed by atoms with Crippen molar-refractivity contribution >= 4 is 49.9 Å². The van der Waals surface area contributed by atoms with E-state index in [9.17, 15) is 9.59 Å². The molecule has 0 atom stereocenters. The van der Waals surface area contributed by atoms with Gasteiger partial charge >= 0.3 is 0 Å². The summed E-state index contributed by atoms with van der Waals surface area (Å²) in [7, 11) is 0. The number of amides is 2. The Bertz CT molecular complexity index is 1050. The normalized spacial score (nSPS) is 13.1. The minimum absolute atomic E-state index is 0.100. The van der Waals surface area contributed by atoms with Gasteiger partial charge in [-0.2, -0.15) is 0 Å². The number of nitrogens with one attached hydrogen (secondary N) is 1. The van der Waals surface area contributed by atoms with Gasteiger partial charge in [0.05, 0.1) is 22.0 Å². The van der Waals surface area contributed by atoms with Gasteiger partial charge in [-0.25, -0.2) is 4.98 Å². The van der Waals surface area contributed by atoms with Crippen LogP contribution in [0.15, 0.2) is 47.1 Å². The van der Waals surface area contributed by atoms with Crippen molar-refractivity contribution in [3.63, 3.8) is 0 Å². The van der Waals surface area contributed by atoms with Crippen LogP contribution in [0.25, 0.3) is 10.6 Å². The number of hydrogen-bond acceptors (Lipinski definition) is 6. The SMILES string of the molecule is Cc1nc(NC(=O)CN2C(=O)COc3cc(Br)ccc32)sc1-c1ccccn1. The second kappa shape index (κ2) is 7.69. The van der Waals surface area contributed by atoms with Gasteiger partial charge in [0.1, 0.15) is 12.3 Å². The van der Waals surface area contributed by atoms with Crippen molar-refractivity contribution in [1.82, 2.24) is 9.97 Å². The summed E-state index contributed by atoms with van der Waals surface area (Å²) in [6, 6.07) is 11.0. The number of hydrogen-bond donors (Lipinski definition) is 1.